The molecule has 2 heterocycles. The summed E-state index contributed by atoms with van der Waals surface area (Å²) in [5.41, 5.74) is -0.667. The molecular weight excluding hydrogens is 276 g/mol. The third-order valence-electron chi connectivity index (χ3n) is 2.85. The molecule has 0 bridgehead atoms. The number of urea groups is 1. The van der Waals surface area contributed by atoms with E-state index in [1.807, 2.05) is 31.4 Å². The molecule has 1 atom stereocenters. The van der Waals surface area contributed by atoms with E-state index in [0.717, 1.165) is 4.88 Å². The molecule has 0 aliphatic heterocycles. The third-order valence-corrected chi connectivity index (χ3v) is 3.87. The van der Waals surface area contributed by atoms with E-state index in [1.54, 1.807) is 6.07 Å². The maximum atomic E-state index is 11.7. The topological polar surface area (TPSA) is 74.5 Å². The van der Waals surface area contributed by atoms with Crippen LogP contribution >= 0.6 is 11.3 Å². The van der Waals surface area contributed by atoms with E-state index in [0.29, 0.717) is 5.56 Å². The van der Waals surface area contributed by atoms with Crippen molar-refractivity contribution in [3.05, 3.63) is 46.5 Å². The smallest absolute Gasteiger partial charge is 0.315 e. The second kappa shape index (κ2) is 6.11. The molecule has 3 N–H and O–H groups in total. The fraction of sp³-hybridized carbons (Fsp3) is 0.357. The van der Waals surface area contributed by atoms with Gasteiger partial charge in [-0.3, -0.25) is 0 Å². The Bertz CT molecular complexity index is 501. The Morgan fingerprint density at radius 1 is 1.50 bits per heavy atom. The van der Waals surface area contributed by atoms with Gasteiger partial charge in [0.2, 0.25) is 0 Å². The van der Waals surface area contributed by atoms with Gasteiger partial charge in [0.15, 0.2) is 0 Å². The quantitative estimate of drug-likeness (QED) is 0.792. The van der Waals surface area contributed by atoms with Crippen LogP contribution in [0.2, 0.25) is 0 Å². The van der Waals surface area contributed by atoms with Gasteiger partial charge in [-0.05, 0) is 31.4 Å². The lowest BCUT2D eigenvalue weighted by Gasteiger charge is -2.26. The molecule has 0 aromatic carbocycles. The van der Waals surface area contributed by atoms with E-state index in [2.05, 4.69) is 10.6 Å². The van der Waals surface area contributed by atoms with E-state index in [1.165, 1.54) is 23.9 Å². The summed E-state index contributed by atoms with van der Waals surface area (Å²) >= 11 is 1.43. The highest BCUT2D eigenvalue weighted by Crippen LogP contribution is 2.32. The second-order valence-electron chi connectivity index (χ2n) is 4.83. The first-order valence-corrected chi connectivity index (χ1v) is 7.24. The van der Waals surface area contributed by atoms with Crippen molar-refractivity contribution in [1.29, 1.82) is 0 Å². The van der Waals surface area contributed by atoms with Crippen molar-refractivity contribution in [2.75, 3.05) is 6.54 Å². The molecule has 6 heteroatoms. The molecule has 108 valence electrons. The molecule has 0 aliphatic rings. The first kappa shape index (κ1) is 14.6. The van der Waals surface area contributed by atoms with E-state index in [-0.39, 0.29) is 18.6 Å². The van der Waals surface area contributed by atoms with Crippen LogP contribution in [-0.4, -0.2) is 23.7 Å². The Balaban J connectivity index is 2.15. The molecule has 0 fully saturated rings. The maximum Gasteiger partial charge on any atom is 0.315 e. The van der Waals surface area contributed by atoms with Gasteiger partial charge in [0.05, 0.1) is 19.1 Å². The Hall–Kier alpha value is -1.79. The zero-order valence-electron chi connectivity index (χ0n) is 11.4. The predicted molar refractivity (Wildman–Crippen MR) is 77.7 cm³/mol. The molecule has 0 aliphatic carbocycles. The van der Waals surface area contributed by atoms with Crippen LogP contribution in [0, 0.1) is 0 Å². The van der Waals surface area contributed by atoms with Crippen LogP contribution in [0.1, 0.15) is 24.3 Å². The highest BCUT2D eigenvalue weighted by Gasteiger charge is 2.34. The number of carbonyl (C=O) groups excluding carboxylic acids is 1. The molecule has 2 rings (SSSR count). The summed E-state index contributed by atoms with van der Waals surface area (Å²) in [5.74, 6) is 0. The van der Waals surface area contributed by atoms with Crippen LogP contribution in [0.15, 0.2) is 40.5 Å². The summed E-state index contributed by atoms with van der Waals surface area (Å²) < 4.78 is 5.05. The van der Waals surface area contributed by atoms with Crippen LogP contribution in [0.3, 0.4) is 0 Å². The van der Waals surface area contributed by atoms with Crippen molar-refractivity contribution >= 4 is 17.4 Å². The number of hydrogen-bond donors (Lipinski definition) is 3. The lowest BCUT2D eigenvalue weighted by Crippen LogP contribution is -2.46. The summed E-state index contributed by atoms with van der Waals surface area (Å²) in [4.78, 5) is 12.4. The number of amides is 2. The standard InChI is InChI=1S/C14H18N2O3S/c1-10(2)16-13(17)15-9-14(18,11-5-6-19-8-11)12-4-3-7-20-12/h3-8,10,18H,9H2,1-2H3,(H2,15,16,17)/t14-/m1/s1. The van der Waals surface area contributed by atoms with Gasteiger partial charge in [0.1, 0.15) is 5.60 Å². The Kier molecular flexibility index (Phi) is 4.46. The van der Waals surface area contributed by atoms with Crippen molar-refractivity contribution in [1.82, 2.24) is 10.6 Å². The molecule has 0 saturated heterocycles. The Labute approximate surface area is 121 Å². The van der Waals surface area contributed by atoms with E-state index in [4.69, 9.17) is 4.42 Å². The summed E-state index contributed by atoms with van der Waals surface area (Å²) in [6.07, 6.45) is 2.99. The summed E-state index contributed by atoms with van der Waals surface area (Å²) in [6.45, 7) is 3.83. The highest BCUT2D eigenvalue weighted by molar-refractivity contribution is 7.10. The number of carbonyl (C=O) groups is 1. The molecule has 0 saturated carbocycles. The minimum Gasteiger partial charge on any atom is -0.472 e. The van der Waals surface area contributed by atoms with E-state index in [9.17, 15) is 9.90 Å². The minimum atomic E-state index is -1.28. The molecule has 5 nitrogen and oxygen atoms in total. The summed E-state index contributed by atoms with van der Waals surface area (Å²) in [5, 5.41) is 18.2. The second-order valence-corrected chi connectivity index (χ2v) is 5.78. The summed E-state index contributed by atoms with van der Waals surface area (Å²) in [7, 11) is 0. The van der Waals surface area contributed by atoms with Crippen molar-refractivity contribution in [2.24, 2.45) is 0 Å². The lowest BCUT2D eigenvalue weighted by molar-refractivity contribution is 0.0851. The van der Waals surface area contributed by atoms with Crippen molar-refractivity contribution in [3.63, 3.8) is 0 Å². The number of thiophene rings is 1. The van der Waals surface area contributed by atoms with Gasteiger partial charge in [0, 0.05) is 16.5 Å². The lowest BCUT2D eigenvalue weighted by atomic mass is 9.94. The number of aliphatic hydroxyl groups is 1. The van der Waals surface area contributed by atoms with E-state index >= 15 is 0 Å². The molecule has 0 unspecified atom stereocenters. The molecule has 0 spiro atoms. The monoisotopic (exact) mass is 294 g/mol. The van der Waals surface area contributed by atoms with Crippen LogP contribution in [0.5, 0.6) is 0 Å². The van der Waals surface area contributed by atoms with Crippen LogP contribution in [-0.2, 0) is 5.60 Å². The van der Waals surface area contributed by atoms with Gasteiger partial charge in [-0.2, -0.15) is 0 Å². The van der Waals surface area contributed by atoms with Crippen LogP contribution in [0.4, 0.5) is 4.79 Å². The van der Waals surface area contributed by atoms with Gasteiger partial charge in [-0.15, -0.1) is 11.3 Å². The average molecular weight is 294 g/mol. The first-order valence-electron chi connectivity index (χ1n) is 6.36. The maximum absolute atomic E-state index is 11.7. The van der Waals surface area contributed by atoms with Crippen LogP contribution in [0.25, 0.3) is 0 Å². The number of rotatable bonds is 5. The predicted octanol–water partition coefficient (Wildman–Crippen LogP) is 2.28. The van der Waals surface area contributed by atoms with Gasteiger partial charge in [0.25, 0.3) is 0 Å². The van der Waals surface area contributed by atoms with Gasteiger partial charge >= 0.3 is 6.03 Å². The summed E-state index contributed by atoms with van der Waals surface area (Å²) in [6, 6.07) is 5.12. The number of furan rings is 1. The van der Waals surface area contributed by atoms with Crippen LogP contribution < -0.4 is 10.6 Å². The Morgan fingerprint density at radius 3 is 2.85 bits per heavy atom. The fourth-order valence-corrected chi connectivity index (χ4v) is 2.71. The average Bonchev–Trinajstić information content (AvgIpc) is 3.07. The fourth-order valence-electron chi connectivity index (χ4n) is 1.87. The molecular formula is C14H18N2O3S. The van der Waals surface area contributed by atoms with Crippen molar-refractivity contribution in [2.45, 2.75) is 25.5 Å². The molecule has 20 heavy (non-hydrogen) atoms. The number of nitrogens with one attached hydrogen (secondary N) is 2. The Morgan fingerprint density at radius 2 is 2.30 bits per heavy atom. The van der Waals surface area contributed by atoms with Crippen molar-refractivity contribution in [3.8, 4) is 0 Å². The SMILES string of the molecule is CC(C)NC(=O)NC[C@@](O)(c1ccoc1)c1cccs1. The van der Waals surface area contributed by atoms with Crippen molar-refractivity contribution < 1.29 is 14.3 Å². The molecule has 2 aromatic heterocycles. The highest BCUT2D eigenvalue weighted by atomic mass is 32.1. The first-order chi connectivity index (χ1) is 9.52. The van der Waals surface area contributed by atoms with Gasteiger partial charge < -0.3 is 20.2 Å². The zero-order chi connectivity index (χ0) is 14.6. The normalized spacial score (nSPS) is 14.0. The molecule has 0 radical (unpaired) electrons. The van der Waals surface area contributed by atoms with Gasteiger partial charge in [-0.25, -0.2) is 4.79 Å². The molecule has 2 aromatic rings. The third kappa shape index (κ3) is 3.20. The molecule has 2 amide bonds. The van der Waals surface area contributed by atoms with Gasteiger partial charge in [-0.1, -0.05) is 6.07 Å². The zero-order valence-corrected chi connectivity index (χ0v) is 12.2. The largest absolute Gasteiger partial charge is 0.472 e. The minimum absolute atomic E-state index is 0.0405. The number of hydrogen-bond acceptors (Lipinski definition) is 4. The van der Waals surface area contributed by atoms with E-state index < -0.39 is 5.60 Å².